The minimum atomic E-state index is -0.457. The van der Waals surface area contributed by atoms with Gasteiger partial charge in [0.15, 0.2) is 0 Å². The van der Waals surface area contributed by atoms with E-state index in [0.29, 0.717) is 25.1 Å². The molecule has 1 aliphatic carbocycles. The van der Waals surface area contributed by atoms with Crippen molar-refractivity contribution in [2.75, 3.05) is 13.2 Å². The van der Waals surface area contributed by atoms with Crippen LogP contribution in [0.4, 0.5) is 0 Å². The number of benzene rings is 1. The molecule has 3 unspecified atom stereocenters. The maximum absolute atomic E-state index is 10.1. The Balaban J connectivity index is 1.69. The summed E-state index contributed by atoms with van der Waals surface area (Å²) < 4.78 is 5.62. The number of ether oxygens (including phenoxy) is 1. The van der Waals surface area contributed by atoms with Crippen LogP contribution >= 0.6 is 0 Å². The quantitative estimate of drug-likeness (QED) is 0.790. The Bertz CT molecular complexity index is 404. The summed E-state index contributed by atoms with van der Waals surface area (Å²) in [7, 11) is 0. The molecular formula is C18H29NO2. The maximum Gasteiger partial charge on any atom is 0.119 e. The molecule has 0 amide bonds. The molecule has 0 bridgehead atoms. The molecule has 0 aromatic heterocycles. The maximum atomic E-state index is 10.1. The van der Waals surface area contributed by atoms with E-state index in [0.717, 1.165) is 5.75 Å². The molecule has 3 nitrogen and oxygen atoms in total. The van der Waals surface area contributed by atoms with E-state index in [1.165, 1.54) is 37.7 Å². The second kappa shape index (κ2) is 8.40. The van der Waals surface area contributed by atoms with Gasteiger partial charge in [-0.25, -0.2) is 0 Å². The van der Waals surface area contributed by atoms with Gasteiger partial charge >= 0.3 is 0 Å². The smallest absolute Gasteiger partial charge is 0.119 e. The predicted molar refractivity (Wildman–Crippen MR) is 86.7 cm³/mol. The van der Waals surface area contributed by atoms with Gasteiger partial charge in [0.1, 0.15) is 18.5 Å². The largest absolute Gasteiger partial charge is 0.491 e. The normalized spacial score (nSPS) is 24.3. The summed E-state index contributed by atoms with van der Waals surface area (Å²) in [4.78, 5) is 0. The number of nitrogens with one attached hydrogen (secondary N) is 1. The van der Waals surface area contributed by atoms with Gasteiger partial charge in [0.05, 0.1) is 0 Å². The first-order valence-electron chi connectivity index (χ1n) is 8.26. The Morgan fingerprint density at radius 1 is 1.19 bits per heavy atom. The summed E-state index contributed by atoms with van der Waals surface area (Å²) in [5.41, 5.74) is 1.21. The molecule has 0 spiro atoms. The first kappa shape index (κ1) is 16.3. The second-order valence-corrected chi connectivity index (χ2v) is 6.41. The van der Waals surface area contributed by atoms with Gasteiger partial charge in [-0.05, 0) is 37.8 Å². The molecule has 0 aliphatic heterocycles. The van der Waals surface area contributed by atoms with Crippen molar-refractivity contribution in [2.24, 2.45) is 5.92 Å². The summed E-state index contributed by atoms with van der Waals surface area (Å²) >= 11 is 0. The highest BCUT2D eigenvalue weighted by molar-refractivity contribution is 5.26. The van der Waals surface area contributed by atoms with Crippen LogP contribution < -0.4 is 10.1 Å². The molecule has 0 radical (unpaired) electrons. The highest BCUT2D eigenvalue weighted by Gasteiger charge is 2.20. The number of aliphatic hydroxyl groups is 1. The number of hydrogen-bond donors (Lipinski definition) is 2. The molecule has 2 N–H and O–H groups in total. The molecule has 1 aliphatic rings. The van der Waals surface area contributed by atoms with Crippen LogP contribution in [0, 0.1) is 12.8 Å². The summed E-state index contributed by atoms with van der Waals surface area (Å²) in [6, 6.07) is 8.48. The van der Waals surface area contributed by atoms with E-state index in [9.17, 15) is 5.11 Å². The van der Waals surface area contributed by atoms with Crippen LogP contribution in [0.3, 0.4) is 0 Å². The SMILES string of the molecule is Cc1ccc(OCC(O)CNC2CCCCCC2C)cc1. The molecule has 0 heterocycles. The third-order valence-corrected chi connectivity index (χ3v) is 4.44. The number of aryl methyl sites for hydroxylation is 1. The van der Waals surface area contributed by atoms with E-state index in [1.54, 1.807) is 0 Å². The van der Waals surface area contributed by atoms with Crippen molar-refractivity contribution in [3.05, 3.63) is 29.8 Å². The molecule has 118 valence electrons. The van der Waals surface area contributed by atoms with Gasteiger partial charge in [0.25, 0.3) is 0 Å². The average molecular weight is 291 g/mol. The van der Waals surface area contributed by atoms with Gasteiger partial charge in [-0.1, -0.05) is 43.9 Å². The van der Waals surface area contributed by atoms with Crippen molar-refractivity contribution >= 4 is 0 Å². The monoisotopic (exact) mass is 291 g/mol. The molecule has 1 fully saturated rings. The molecule has 21 heavy (non-hydrogen) atoms. The molecule has 1 saturated carbocycles. The Morgan fingerprint density at radius 3 is 2.67 bits per heavy atom. The van der Waals surface area contributed by atoms with E-state index in [4.69, 9.17) is 4.74 Å². The fourth-order valence-corrected chi connectivity index (χ4v) is 2.97. The van der Waals surface area contributed by atoms with Crippen LogP contribution in [0.2, 0.25) is 0 Å². The zero-order valence-corrected chi connectivity index (χ0v) is 13.3. The molecule has 2 rings (SSSR count). The van der Waals surface area contributed by atoms with Gasteiger partial charge in [0, 0.05) is 12.6 Å². The highest BCUT2D eigenvalue weighted by atomic mass is 16.5. The summed E-state index contributed by atoms with van der Waals surface area (Å²) in [6.45, 7) is 5.33. The summed E-state index contributed by atoms with van der Waals surface area (Å²) in [5.74, 6) is 1.53. The van der Waals surface area contributed by atoms with E-state index in [1.807, 2.05) is 24.3 Å². The van der Waals surface area contributed by atoms with Crippen molar-refractivity contribution in [1.82, 2.24) is 5.32 Å². The standard InChI is InChI=1S/C18H29NO2/c1-14-8-10-17(11-9-14)21-13-16(20)12-19-18-7-5-3-4-6-15(18)2/h8-11,15-16,18-20H,3-7,12-13H2,1-2H3. The van der Waals surface area contributed by atoms with Gasteiger partial charge in [-0.3, -0.25) is 0 Å². The Kier molecular flexibility index (Phi) is 6.52. The van der Waals surface area contributed by atoms with Gasteiger partial charge in [0.2, 0.25) is 0 Å². The molecule has 3 atom stereocenters. The fourth-order valence-electron chi connectivity index (χ4n) is 2.97. The van der Waals surface area contributed by atoms with E-state index >= 15 is 0 Å². The second-order valence-electron chi connectivity index (χ2n) is 6.41. The Hall–Kier alpha value is -1.06. The van der Waals surface area contributed by atoms with Crippen molar-refractivity contribution in [1.29, 1.82) is 0 Å². The minimum Gasteiger partial charge on any atom is -0.491 e. The van der Waals surface area contributed by atoms with Crippen molar-refractivity contribution in [2.45, 2.75) is 58.1 Å². The first-order valence-corrected chi connectivity index (χ1v) is 8.26. The highest BCUT2D eigenvalue weighted by Crippen LogP contribution is 2.22. The van der Waals surface area contributed by atoms with Crippen LogP contribution in [0.5, 0.6) is 5.75 Å². The van der Waals surface area contributed by atoms with Gasteiger partial charge in [-0.15, -0.1) is 0 Å². The lowest BCUT2D eigenvalue weighted by Crippen LogP contribution is -2.40. The molecular weight excluding hydrogens is 262 g/mol. The lowest BCUT2D eigenvalue weighted by Gasteiger charge is -2.24. The average Bonchev–Trinajstić information content (AvgIpc) is 2.69. The molecule has 0 saturated heterocycles. The number of rotatable bonds is 6. The molecule has 1 aromatic carbocycles. The van der Waals surface area contributed by atoms with Crippen LogP contribution in [0.15, 0.2) is 24.3 Å². The topological polar surface area (TPSA) is 41.5 Å². The minimum absolute atomic E-state index is 0.344. The lowest BCUT2D eigenvalue weighted by molar-refractivity contribution is 0.101. The van der Waals surface area contributed by atoms with Gasteiger partial charge in [-0.2, -0.15) is 0 Å². The van der Waals surface area contributed by atoms with Crippen molar-refractivity contribution in [3.8, 4) is 5.75 Å². The third-order valence-electron chi connectivity index (χ3n) is 4.44. The fraction of sp³-hybridized carbons (Fsp3) is 0.667. The zero-order chi connectivity index (χ0) is 15.1. The van der Waals surface area contributed by atoms with E-state index < -0.39 is 6.10 Å². The first-order chi connectivity index (χ1) is 10.1. The lowest BCUT2D eigenvalue weighted by atomic mass is 9.97. The predicted octanol–water partition coefficient (Wildman–Crippen LogP) is 3.29. The number of aliphatic hydroxyl groups excluding tert-OH is 1. The van der Waals surface area contributed by atoms with E-state index in [-0.39, 0.29) is 0 Å². The third kappa shape index (κ3) is 5.68. The zero-order valence-electron chi connectivity index (χ0n) is 13.3. The van der Waals surface area contributed by atoms with Crippen molar-refractivity contribution < 1.29 is 9.84 Å². The Morgan fingerprint density at radius 2 is 1.90 bits per heavy atom. The van der Waals surface area contributed by atoms with Crippen molar-refractivity contribution in [3.63, 3.8) is 0 Å². The van der Waals surface area contributed by atoms with Crippen LogP contribution in [-0.2, 0) is 0 Å². The summed E-state index contributed by atoms with van der Waals surface area (Å²) in [5, 5.41) is 13.6. The van der Waals surface area contributed by atoms with Crippen LogP contribution in [0.25, 0.3) is 0 Å². The summed E-state index contributed by atoms with van der Waals surface area (Å²) in [6.07, 6.45) is 6.07. The van der Waals surface area contributed by atoms with Crippen LogP contribution in [0.1, 0.15) is 44.6 Å². The molecule has 3 heteroatoms. The Labute approximate surface area is 128 Å². The van der Waals surface area contributed by atoms with Crippen LogP contribution in [-0.4, -0.2) is 30.4 Å². The van der Waals surface area contributed by atoms with Gasteiger partial charge < -0.3 is 15.2 Å². The molecule has 1 aromatic rings. The number of hydrogen-bond acceptors (Lipinski definition) is 3. The van der Waals surface area contributed by atoms with E-state index in [2.05, 4.69) is 19.2 Å².